The van der Waals surface area contributed by atoms with E-state index in [4.69, 9.17) is 0 Å². The zero-order chi connectivity index (χ0) is 21.5. The van der Waals surface area contributed by atoms with Crippen LogP contribution in [-0.2, 0) is 22.6 Å². The van der Waals surface area contributed by atoms with Crippen molar-refractivity contribution in [2.75, 3.05) is 0 Å². The first-order chi connectivity index (χ1) is 15.1. The average Bonchev–Trinajstić information content (AvgIpc) is 3.18. The molecule has 1 saturated heterocycles. The molecule has 0 aliphatic carbocycles. The van der Waals surface area contributed by atoms with Gasteiger partial charge in [-0.3, -0.25) is 14.6 Å². The molecule has 1 fully saturated rings. The summed E-state index contributed by atoms with van der Waals surface area (Å²) >= 11 is 0. The average molecular weight is 414 g/mol. The van der Waals surface area contributed by atoms with E-state index in [0.717, 1.165) is 18.4 Å². The molecule has 3 aromatic rings. The molecule has 2 heterocycles. The molecule has 1 aliphatic rings. The van der Waals surface area contributed by atoms with E-state index in [0.29, 0.717) is 25.8 Å². The smallest absolute Gasteiger partial charge is 0.220 e. The van der Waals surface area contributed by atoms with Crippen LogP contribution in [0, 0.1) is 0 Å². The first-order valence-electron chi connectivity index (χ1n) is 10.7. The summed E-state index contributed by atoms with van der Waals surface area (Å²) in [6.07, 6.45) is 6.44. The monoisotopic (exact) mass is 413 g/mol. The zero-order valence-corrected chi connectivity index (χ0v) is 17.5. The lowest BCUT2D eigenvalue weighted by Crippen LogP contribution is -2.44. The van der Waals surface area contributed by atoms with Gasteiger partial charge in [-0.15, -0.1) is 0 Å². The molecule has 0 saturated carbocycles. The molecule has 158 valence electrons. The van der Waals surface area contributed by atoms with Gasteiger partial charge in [-0.25, -0.2) is 0 Å². The molecule has 1 aromatic heterocycles. The van der Waals surface area contributed by atoms with Gasteiger partial charge in [0.15, 0.2) is 0 Å². The maximum atomic E-state index is 12.4. The van der Waals surface area contributed by atoms with Crippen LogP contribution in [0.15, 0.2) is 79.1 Å². The molecule has 0 spiro atoms. The summed E-state index contributed by atoms with van der Waals surface area (Å²) in [7, 11) is 0. The van der Waals surface area contributed by atoms with E-state index in [1.807, 2.05) is 30.3 Å². The largest absolute Gasteiger partial charge is 0.352 e. The summed E-state index contributed by atoms with van der Waals surface area (Å²) in [5.74, 6) is 0.0647. The fourth-order valence-corrected chi connectivity index (χ4v) is 4.16. The lowest BCUT2D eigenvalue weighted by molar-refractivity contribution is -0.122. The van der Waals surface area contributed by atoms with Gasteiger partial charge < -0.3 is 10.6 Å². The Morgan fingerprint density at radius 3 is 2.32 bits per heavy atom. The second-order valence-corrected chi connectivity index (χ2v) is 8.20. The lowest BCUT2D eigenvalue weighted by atomic mass is 9.84. The summed E-state index contributed by atoms with van der Waals surface area (Å²) in [6.45, 7) is 0.488. The number of nitrogens with one attached hydrogen (secondary N) is 2. The van der Waals surface area contributed by atoms with E-state index in [9.17, 15) is 9.59 Å². The summed E-state index contributed by atoms with van der Waals surface area (Å²) in [4.78, 5) is 28.4. The number of amides is 2. The van der Waals surface area contributed by atoms with Crippen LogP contribution in [0.25, 0.3) is 11.1 Å². The van der Waals surface area contributed by atoms with E-state index in [1.165, 1.54) is 16.7 Å². The standard InChI is InChI=1S/C26H27N3O2/c30-24(28-19-21-12-16-27-17-13-21)10-14-26(15-11-25(31)29-26)18-20-6-8-23(9-7-20)22-4-2-1-3-5-22/h1-9,12-13,16-17H,10-11,14-15,18-19H2,(H,28,30)(H,29,31)/t26-/m0/s1. The highest BCUT2D eigenvalue weighted by Crippen LogP contribution is 2.30. The maximum Gasteiger partial charge on any atom is 0.220 e. The fourth-order valence-electron chi connectivity index (χ4n) is 4.16. The van der Waals surface area contributed by atoms with Crippen LogP contribution in [0.2, 0.25) is 0 Å². The zero-order valence-electron chi connectivity index (χ0n) is 17.5. The molecule has 2 aromatic carbocycles. The summed E-state index contributed by atoms with van der Waals surface area (Å²) in [6, 6.07) is 22.5. The summed E-state index contributed by atoms with van der Waals surface area (Å²) in [5, 5.41) is 6.13. The molecule has 5 heteroatoms. The van der Waals surface area contributed by atoms with Crippen molar-refractivity contribution < 1.29 is 9.59 Å². The predicted molar refractivity (Wildman–Crippen MR) is 121 cm³/mol. The van der Waals surface area contributed by atoms with Gasteiger partial charge >= 0.3 is 0 Å². The highest BCUT2D eigenvalue weighted by molar-refractivity contribution is 5.80. The summed E-state index contributed by atoms with van der Waals surface area (Å²) < 4.78 is 0. The molecule has 0 bridgehead atoms. The number of benzene rings is 2. The minimum atomic E-state index is -0.362. The first kappa shape index (κ1) is 20.8. The number of carbonyl (C=O) groups is 2. The van der Waals surface area contributed by atoms with Crippen molar-refractivity contribution in [3.8, 4) is 11.1 Å². The quantitative estimate of drug-likeness (QED) is 0.586. The van der Waals surface area contributed by atoms with Crippen molar-refractivity contribution in [3.05, 3.63) is 90.3 Å². The van der Waals surface area contributed by atoms with Gasteiger partial charge in [-0.05, 0) is 53.6 Å². The van der Waals surface area contributed by atoms with Crippen LogP contribution in [-0.4, -0.2) is 22.3 Å². The molecule has 5 nitrogen and oxygen atoms in total. The molecule has 4 rings (SSSR count). The first-order valence-corrected chi connectivity index (χ1v) is 10.7. The Kier molecular flexibility index (Phi) is 6.41. The third kappa shape index (κ3) is 5.57. The van der Waals surface area contributed by atoms with Crippen LogP contribution in [0.1, 0.15) is 36.8 Å². The fraction of sp³-hybridized carbons (Fsp3) is 0.269. The van der Waals surface area contributed by atoms with Crippen molar-refractivity contribution >= 4 is 11.8 Å². The Morgan fingerprint density at radius 2 is 1.65 bits per heavy atom. The van der Waals surface area contributed by atoms with E-state index in [2.05, 4.69) is 52.0 Å². The second-order valence-electron chi connectivity index (χ2n) is 8.20. The molecule has 0 unspecified atom stereocenters. The van der Waals surface area contributed by atoms with Crippen molar-refractivity contribution in [3.63, 3.8) is 0 Å². The number of pyridine rings is 1. The van der Waals surface area contributed by atoms with Crippen molar-refractivity contribution in [1.29, 1.82) is 0 Å². The number of hydrogen-bond donors (Lipinski definition) is 2. The molecule has 1 aliphatic heterocycles. The SMILES string of the molecule is O=C(CC[C@@]1(Cc2ccc(-c3ccccc3)cc2)CCC(=O)N1)NCc1ccncc1. The third-order valence-electron chi connectivity index (χ3n) is 5.91. The van der Waals surface area contributed by atoms with Crippen molar-refractivity contribution in [2.45, 2.75) is 44.2 Å². The number of hydrogen-bond acceptors (Lipinski definition) is 3. The molecule has 2 amide bonds. The Labute approximate surface area is 182 Å². The molecule has 1 atom stereocenters. The Morgan fingerprint density at radius 1 is 0.935 bits per heavy atom. The van der Waals surface area contributed by atoms with Gasteiger partial charge in [-0.1, -0.05) is 54.6 Å². The molecular weight excluding hydrogens is 386 g/mol. The highest BCUT2D eigenvalue weighted by atomic mass is 16.2. The van der Waals surface area contributed by atoms with Crippen LogP contribution < -0.4 is 10.6 Å². The molecule has 31 heavy (non-hydrogen) atoms. The highest BCUT2D eigenvalue weighted by Gasteiger charge is 2.37. The van der Waals surface area contributed by atoms with Gasteiger partial charge in [0.1, 0.15) is 0 Å². The van der Waals surface area contributed by atoms with Gasteiger partial charge in [0.2, 0.25) is 11.8 Å². The minimum Gasteiger partial charge on any atom is -0.352 e. The van der Waals surface area contributed by atoms with Gasteiger partial charge in [0.05, 0.1) is 0 Å². The van der Waals surface area contributed by atoms with Gasteiger partial charge in [0, 0.05) is 37.3 Å². The lowest BCUT2D eigenvalue weighted by Gasteiger charge is -2.29. The Bertz CT molecular complexity index is 1020. The normalized spacial score (nSPS) is 17.9. The Balaban J connectivity index is 1.37. The van der Waals surface area contributed by atoms with Crippen LogP contribution in [0.4, 0.5) is 0 Å². The summed E-state index contributed by atoms with van der Waals surface area (Å²) in [5.41, 5.74) is 4.18. The van der Waals surface area contributed by atoms with Crippen LogP contribution in [0.3, 0.4) is 0 Å². The predicted octanol–water partition coefficient (Wildman–Crippen LogP) is 4.04. The van der Waals surface area contributed by atoms with Crippen LogP contribution in [0.5, 0.6) is 0 Å². The number of aromatic nitrogens is 1. The molecule has 0 radical (unpaired) electrons. The topological polar surface area (TPSA) is 71.1 Å². The van der Waals surface area contributed by atoms with E-state index in [-0.39, 0.29) is 17.4 Å². The van der Waals surface area contributed by atoms with E-state index < -0.39 is 0 Å². The number of carbonyl (C=O) groups excluding carboxylic acids is 2. The van der Waals surface area contributed by atoms with Crippen molar-refractivity contribution in [1.82, 2.24) is 15.6 Å². The third-order valence-corrected chi connectivity index (χ3v) is 5.91. The maximum absolute atomic E-state index is 12.4. The molecule has 2 N–H and O–H groups in total. The van der Waals surface area contributed by atoms with E-state index in [1.54, 1.807) is 12.4 Å². The molecular formula is C26H27N3O2. The Hall–Kier alpha value is -3.47. The van der Waals surface area contributed by atoms with E-state index >= 15 is 0 Å². The minimum absolute atomic E-state index is 0.00300. The van der Waals surface area contributed by atoms with Crippen LogP contribution >= 0.6 is 0 Å². The number of rotatable bonds is 8. The second kappa shape index (κ2) is 9.56. The van der Waals surface area contributed by atoms with Gasteiger partial charge in [0.25, 0.3) is 0 Å². The van der Waals surface area contributed by atoms with Crippen molar-refractivity contribution in [2.24, 2.45) is 0 Å². The number of nitrogens with zero attached hydrogens (tertiary/aromatic N) is 1. The van der Waals surface area contributed by atoms with Gasteiger partial charge in [-0.2, -0.15) is 0 Å².